The molecule has 2 amide bonds. The standard InChI is InChI=1S/C15H23N3O2S/c16-6-11-21-12-14(19)17-7-9-18(10-8-17)15(20)13-4-2-1-3-5-13/h13H,1-5,7-12H2. The molecule has 0 unspecified atom stereocenters. The Morgan fingerprint density at radius 2 is 1.67 bits per heavy atom. The summed E-state index contributed by atoms with van der Waals surface area (Å²) in [5, 5.41) is 8.47. The van der Waals surface area contributed by atoms with E-state index in [1.165, 1.54) is 31.0 Å². The first-order valence-corrected chi connectivity index (χ1v) is 8.89. The highest BCUT2D eigenvalue weighted by Gasteiger charge is 2.29. The molecule has 1 saturated carbocycles. The van der Waals surface area contributed by atoms with E-state index >= 15 is 0 Å². The highest BCUT2D eigenvalue weighted by Crippen LogP contribution is 2.25. The molecule has 0 N–H and O–H groups in total. The molecule has 116 valence electrons. The van der Waals surface area contributed by atoms with E-state index in [-0.39, 0.29) is 11.8 Å². The fourth-order valence-corrected chi connectivity index (χ4v) is 3.61. The second-order valence-electron chi connectivity index (χ2n) is 5.69. The van der Waals surface area contributed by atoms with Crippen molar-refractivity contribution in [3.63, 3.8) is 0 Å². The number of carbonyl (C=O) groups is 2. The van der Waals surface area contributed by atoms with Gasteiger partial charge in [-0.2, -0.15) is 5.26 Å². The average molecular weight is 309 g/mol. The molecule has 0 aromatic rings. The lowest BCUT2D eigenvalue weighted by atomic mass is 9.88. The number of hydrogen-bond acceptors (Lipinski definition) is 4. The first-order chi connectivity index (χ1) is 10.2. The number of hydrogen-bond donors (Lipinski definition) is 0. The number of thioether (sulfide) groups is 1. The highest BCUT2D eigenvalue weighted by molar-refractivity contribution is 8.00. The van der Waals surface area contributed by atoms with Crippen molar-refractivity contribution in [1.29, 1.82) is 5.26 Å². The Kier molecular flexibility index (Phi) is 6.37. The van der Waals surface area contributed by atoms with Crippen LogP contribution >= 0.6 is 11.8 Å². The van der Waals surface area contributed by atoms with E-state index in [0.717, 1.165) is 12.8 Å². The van der Waals surface area contributed by atoms with Crippen molar-refractivity contribution in [1.82, 2.24) is 9.80 Å². The molecule has 5 nitrogen and oxygen atoms in total. The van der Waals surface area contributed by atoms with Crippen LogP contribution in [0.2, 0.25) is 0 Å². The minimum Gasteiger partial charge on any atom is -0.339 e. The van der Waals surface area contributed by atoms with Crippen LogP contribution in [0.3, 0.4) is 0 Å². The molecule has 0 aromatic carbocycles. The van der Waals surface area contributed by atoms with Gasteiger partial charge in [0.05, 0.1) is 17.6 Å². The van der Waals surface area contributed by atoms with Gasteiger partial charge in [0.15, 0.2) is 0 Å². The minimum atomic E-state index is 0.0833. The third-order valence-electron chi connectivity index (χ3n) is 4.29. The third-order valence-corrected chi connectivity index (χ3v) is 5.07. The molecule has 0 atom stereocenters. The molecule has 2 aliphatic rings. The zero-order chi connectivity index (χ0) is 15.1. The van der Waals surface area contributed by atoms with Crippen molar-refractivity contribution < 1.29 is 9.59 Å². The maximum Gasteiger partial charge on any atom is 0.232 e. The first-order valence-electron chi connectivity index (χ1n) is 7.73. The molecule has 0 bridgehead atoms. The maximum absolute atomic E-state index is 12.4. The number of nitriles is 1. The lowest BCUT2D eigenvalue weighted by Gasteiger charge is -2.37. The zero-order valence-corrected chi connectivity index (χ0v) is 13.2. The van der Waals surface area contributed by atoms with Crippen molar-refractivity contribution in [2.24, 2.45) is 5.92 Å². The molecule has 2 rings (SSSR count). The smallest absolute Gasteiger partial charge is 0.232 e. The van der Waals surface area contributed by atoms with Crippen LogP contribution in [-0.4, -0.2) is 59.3 Å². The Bertz CT molecular complexity index is 408. The molecular weight excluding hydrogens is 286 g/mol. The summed E-state index contributed by atoms with van der Waals surface area (Å²) in [6.45, 7) is 2.57. The lowest BCUT2D eigenvalue weighted by molar-refractivity contribution is -0.141. The van der Waals surface area contributed by atoms with Crippen LogP contribution < -0.4 is 0 Å². The van der Waals surface area contributed by atoms with Crippen molar-refractivity contribution in [3.8, 4) is 6.07 Å². The number of piperazine rings is 1. The Labute approximate surface area is 130 Å². The number of amides is 2. The van der Waals surface area contributed by atoms with Gasteiger partial charge in [-0.15, -0.1) is 11.8 Å². The molecule has 21 heavy (non-hydrogen) atoms. The summed E-state index contributed by atoms with van der Waals surface area (Å²) in [6, 6.07) is 2.02. The summed E-state index contributed by atoms with van der Waals surface area (Å²) in [6.07, 6.45) is 5.66. The van der Waals surface area contributed by atoms with Crippen LogP contribution in [-0.2, 0) is 9.59 Å². The Balaban J connectivity index is 1.73. The SMILES string of the molecule is N#CCSCC(=O)N1CCN(C(=O)C2CCCCC2)CC1. The van der Waals surface area contributed by atoms with Gasteiger partial charge in [0.25, 0.3) is 0 Å². The second kappa shape index (κ2) is 8.28. The predicted molar refractivity (Wildman–Crippen MR) is 82.7 cm³/mol. The molecule has 0 radical (unpaired) electrons. The third kappa shape index (κ3) is 4.63. The topological polar surface area (TPSA) is 64.4 Å². The molecule has 1 aliphatic heterocycles. The van der Waals surface area contributed by atoms with E-state index in [1.54, 1.807) is 0 Å². The van der Waals surface area contributed by atoms with Crippen molar-refractivity contribution in [2.45, 2.75) is 32.1 Å². The molecule has 0 spiro atoms. The molecule has 1 heterocycles. The van der Waals surface area contributed by atoms with Gasteiger partial charge in [-0.25, -0.2) is 0 Å². The van der Waals surface area contributed by atoms with Gasteiger partial charge in [0, 0.05) is 32.1 Å². The van der Waals surface area contributed by atoms with E-state index in [1.807, 2.05) is 15.9 Å². The summed E-state index contributed by atoms with van der Waals surface area (Å²) in [7, 11) is 0. The van der Waals surface area contributed by atoms with E-state index in [0.29, 0.717) is 43.6 Å². The van der Waals surface area contributed by atoms with Gasteiger partial charge >= 0.3 is 0 Å². The molecule has 1 aliphatic carbocycles. The van der Waals surface area contributed by atoms with Crippen LogP contribution in [0, 0.1) is 17.2 Å². The Morgan fingerprint density at radius 3 is 2.29 bits per heavy atom. The average Bonchev–Trinajstić information content (AvgIpc) is 2.55. The predicted octanol–water partition coefficient (Wildman–Crippen LogP) is 1.49. The molecule has 6 heteroatoms. The summed E-state index contributed by atoms with van der Waals surface area (Å²) < 4.78 is 0. The van der Waals surface area contributed by atoms with Crippen molar-refractivity contribution >= 4 is 23.6 Å². The van der Waals surface area contributed by atoms with Crippen LogP contribution in [0.4, 0.5) is 0 Å². The van der Waals surface area contributed by atoms with Crippen molar-refractivity contribution in [2.75, 3.05) is 37.7 Å². The molecule has 0 aromatic heterocycles. The second-order valence-corrected chi connectivity index (χ2v) is 6.68. The van der Waals surface area contributed by atoms with E-state index < -0.39 is 0 Å². The van der Waals surface area contributed by atoms with Crippen LogP contribution in [0.15, 0.2) is 0 Å². The van der Waals surface area contributed by atoms with Gasteiger partial charge in [0.1, 0.15) is 0 Å². The van der Waals surface area contributed by atoms with Gasteiger partial charge in [-0.05, 0) is 12.8 Å². The summed E-state index contributed by atoms with van der Waals surface area (Å²) in [4.78, 5) is 28.1. The van der Waals surface area contributed by atoms with Gasteiger partial charge < -0.3 is 9.80 Å². The van der Waals surface area contributed by atoms with Crippen molar-refractivity contribution in [3.05, 3.63) is 0 Å². The minimum absolute atomic E-state index is 0.0833. The largest absolute Gasteiger partial charge is 0.339 e. The fraction of sp³-hybridized carbons (Fsp3) is 0.800. The number of nitrogens with zero attached hydrogens (tertiary/aromatic N) is 3. The van der Waals surface area contributed by atoms with Crippen LogP contribution in [0.5, 0.6) is 0 Å². The van der Waals surface area contributed by atoms with Crippen LogP contribution in [0.25, 0.3) is 0 Å². The fourth-order valence-electron chi connectivity index (χ4n) is 3.06. The number of rotatable bonds is 4. The van der Waals surface area contributed by atoms with Gasteiger partial charge in [0.2, 0.25) is 11.8 Å². The lowest BCUT2D eigenvalue weighted by Crippen LogP contribution is -2.52. The van der Waals surface area contributed by atoms with Crippen LogP contribution in [0.1, 0.15) is 32.1 Å². The zero-order valence-electron chi connectivity index (χ0n) is 12.4. The summed E-state index contributed by atoms with van der Waals surface area (Å²) in [5.74, 6) is 1.31. The van der Waals surface area contributed by atoms with E-state index in [2.05, 4.69) is 0 Å². The maximum atomic E-state index is 12.4. The quantitative estimate of drug-likeness (QED) is 0.738. The summed E-state index contributed by atoms with van der Waals surface area (Å²) in [5.41, 5.74) is 0. The number of carbonyl (C=O) groups excluding carboxylic acids is 2. The molecule has 1 saturated heterocycles. The Hall–Kier alpha value is -1.22. The Morgan fingerprint density at radius 1 is 1.05 bits per heavy atom. The monoisotopic (exact) mass is 309 g/mol. The molecular formula is C15H23N3O2S. The highest BCUT2D eigenvalue weighted by atomic mass is 32.2. The van der Waals surface area contributed by atoms with E-state index in [9.17, 15) is 9.59 Å². The molecule has 2 fully saturated rings. The van der Waals surface area contributed by atoms with E-state index in [4.69, 9.17) is 5.26 Å². The van der Waals surface area contributed by atoms with Gasteiger partial charge in [-0.1, -0.05) is 19.3 Å². The first kappa shape index (κ1) is 16.2. The normalized spacial score (nSPS) is 20.1. The van der Waals surface area contributed by atoms with Gasteiger partial charge in [-0.3, -0.25) is 9.59 Å². The summed E-state index contributed by atoms with van der Waals surface area (Å²) >= 11 is 1.35.